The molecule has 1 aromatic carbocycles. The lowest BCUT2D eigenvalue weighted by molar-refractivity contribution is 0.0601. The quantitative estimate of drug-likeness (QED) is 0.814. The molecule has 0 bridgehead atoms. The summed E-state index contributed by atoms with van der Waals surface area (Å²) < 4.78 is 5.38. The Hall–Kier alpha value is -1.19. The molecular formula is C20H27NO2. The van der Waals surface area contributed by atoms with Gasteiger partial charge in [-0.2, -0.15) is 0 Å². The molecule has 3 heteroatoms. The predicted octanol–water partition coefficient (Wildman–Crippen LogP) is 3.68. The van der Waals surface area contributed by atoms with E-state index in [2.05, 4.69) is 23.5 Å². The van der Waals surface area contributed by atoms with Gasteiger partial charge in [0.25, 0.3) is 0 Å². The minimum absolute atomic E-state index is 0.308. The van der Waals surface area contributed by atoms with Crippen LogP contribution in [0, 0.1) is 5.92 Å². The van der Waals surface area contributed by atoms with Crippen LogP contribution in [0.4, 0.5) is 0 Å². The van der Waals surface area contributed by atoms with Crippen molar-refractivity contribution >= 4 is 5.78 Å². The van der Waals surface area contributed by atoms with E-state index >= 15 is 0 Å². The third kappa shape index (κ3) is 3.67. The van der Waals surface area contributed by atoms with Gasteiger partial charge in [0.15, 0.2) is 5.78 Å². The maximum Gasteiger partial charge on any atom is 0.163 e. The molecule has 124 valence electrons. The molecule has 23 heavy (non-hydrogen) atoms. The molecule has 1 heterocycles. The van der Waals surface area contributed by atoms with Crippen molar-refractivity contribution < 1.29 is 9.53 Å². The lowest BCUT2D eigenvalue weighted by Crippen LogP contribution is -2.37. The summed E-state index contributed by atoms with van der Waals surface area (Å²) in [6.45, 7) is 1.63. The molecule has 2 aliphatic carbocycles. The van der Waals surface area contributed by atoms with Gasteiger partial charge in [-0.1, -0.05) is 24.6 Å². The normalized spacial score (nSPS) is 28.3. The van der Waals surface area contributed by atoms with E-state index in [0.717, 1.165) is 37.7 Å². The maximum absolute atomic E-state index is 12.6. The van der Waals surface area contributed by atoms with E-state index in [1.807, 2.05) is 6.07 Å². The number of benzene rings is 1. The highest BCUT2D eigenvalue weighted by Crippen LogP contribution is 2.42. The van der Waals surface area contributed by atoms with E-state index in [-0.39, 0.29) is 0 Å². The molecule has 1 aromatic rings. The molecular weight excluding hydrogens is 286 g/mol. The SMILES string of the molecule is O=C(CC1CCOCC1)c1cccc(C2CC2NC2CCC2)c1. The zero-order valence-electron chi connectivity index (χ0n) is 13.8. The second kappa shape index (κ2) is 6.74. The van der Waals surface area contributed by atoms with Crippen LogP contribution in [0.25, 0.3) is 0 Å². The van der Waals surface area contributed by atoms with Crippen molar-refractivity contribution in [3.63, 3.8) is 0 Å². The molecule has 0 radical (unpaired) electrons. The van der Waals surface area contributed by atoms with E-state index in [4.69, 9.17) is 4.74 Å². The summed E-state index contributed by atoms with van der Waals surface area (Å²) in [6, 6.07) is 9.78. The van der Waals surface area contributed by atoms with Crippen molar-refractivity contribution in [2.24, 2.45) is 5.92 Å². The Bertz CT molecular complexity index is 561. The fourth-order valence-electron chi connectivity index (χ4n) is 3.90. The average Bonchev–Trinajstić information content (AvgIpc) is 3.32. The van der Waals surface area contributed by atoms with E-state index in [9.17, 15) is 4.79 Å². The molecule has 3 nitrogen and oxygen atoms in total. The van der Waals surface area contributed by atoms with E-state index in [1.54, 1.807) is 0 Å². The van der Waals surface area contributed by atoms with Crippen molar-refractivity contribution in [3.8, 4) is 0 Å². The van der Waals surface area contributed by atoms with Crippen molar-refractivity contribution in [3.05, 3.63) is 35.4 Å². The summed E-state index contributed by atoms with van der Waals surface area (Å²) in [5.41, 5.74) is 2.25. The number of hydrogen-bond acceptors (Lipinski definition) is 3. The average molecular weight is 313 g/mol. The summed E-state index contributed by atoms with van der Waals surface area (Å²) in [6.07, 6.45) is 8.03. The standard InChI is InChI=1S/C20H27NO2/c22-20(11-14-7-9-23-10-8-14)16-4-1-3-15(12-16)18-13-19(18)21-17-5-2-6-17/h1,3-4,12,14,17-19,21H,2,5-11,13H2. The molecule has 2 saturated carbocycles. The lowest BCUT2D eigenvalue weighted by Gasteiger charge is -2.26. The Morgan fingerprint density at radius 1 is 1.17 bits per heavy atom. The number of Topliss-reactive ketones (excluding diaryl/α,β-unsaturated/α-hetero) is 1. The number of hydrogen-bond donors (Lipinski definition) is 1. The zero-order chi connectivity index (χ0) is 15.6. The smallest absolute Gasteiger partial charge is 0.163 e. The van der Waals surface area contributed by atoms with Crippen LogP contribution < -0.4 is 5.32 Å². The number of nitrogens with one attached hydrogen (secondary N) is 1. The van der Waals surface area contributed by atoms with Crippen molar-refractivity contribution in [2.45, 2.75) is 62.9 Å². The largest absolute Gasteiger partial charge is 0.381 e. The molecule has 1 saturated heterocycles. The fraction of sp³-hybridized carbons (Fsp3) is 0.650. The van der Waals surface area contributed by atoms with Crippen LogP contribution in [-0.2, 0) is 4.74 Å². The van der Waals surface area contributed by atoms with E-state index < -0.39 is 0 Å². The summed E-state index contributed by atoms with van der Waals surface area (Å²) in [5, 5.41) is 3.75. The van der Waals surface area contributed by atoms with Gasteiger partial charge < -0.3 is 10.1 Å². The second-order valence-corrected chi connectivity index (χ2v) is 7.55. The molecule has 0 amide bonds. The minimum Gasteiger partial charge on any atom is -0.381 e. The molecule has 0 spiro atoms. The zero-order valence-corrected chi connectivity index (χ0v) is 13.8. The van der Waals surface area contributed by atoms with Gasteiger partial charge in [0.1, 0.15) is 0 Å². The monoisotopic (exact) mass is 313 g/mol. The second-order valence-electron chi connectivity index (χ2n) is 7.55. The summed E-state index contributed by atoms with van der Waals surface area (Å²) in [5.74, 6) is 1.43. The number of carbonyl (C=O) groups is 1. The molecule has 2 unspecified atom stereocenters. The van der Waals surface area contributed by atoms with Crippen LogP contribution in [0.2, 0.25) is 0 Å². The highest BCUT2D eigenvalue weighted by Gasteiger charge is 2.40. The maximum atomic E-state index is 12.6. The van der Waals surface area contributed by atoms with Crippen molar-refractivity contribution in [2.75, 3.05) is 13.2 Å². The number of rotatable bonds is 6. The topological polar surface area (TPSA) is 38.3 Å². The van der Waals surface area contributed by atoms with E-state index in [0.29, 0.717) is 30.1 Å². The number of ether oxygens (including phenoxy) is 1. The van der Waals surface area contributed by atoms with Crippen LogP contribution in [-0.4, -0.2) is 31.1 Å². The van der Waals surface area contributed by atoms with Crippen LogP contribution in [0.1, 0.15) is 66.8 Å². The first-order valence-corrected chi connectivity index (χ1v) is 9.26. The van der Waals surface area contributed by atoms with Gasteiger partial charge in [-0.05, 0) is 49.7 Å². The first-order valence-electron chi connectivity index (χ1n) is 9.26. The molecule has 0 aromatic heterocycles. The number of ketones is 1. The van der Waals surface area contributed by atoms with Crippen LogP contribution in [0.3, 0.4) is 0 Å². The van der Waals surface area contributed by atoms with Crippen molar-refractivity contribution in [1.29, 1.82) is 0 Å². The Morgan fingerprint density at radius 2 is 2.00 bits per heavy atom. The van der Waals surface area contributed by atoms with Gasteiger partial charge >= 0.3 is 0 Å². The van der Waals surface area contributed by atoms with Gasteiger partial charge in [-0.3, -0.25) is 4.79 Å². The molecule has 2 atom stereocenters. The summed E-state index contributed by atoms with van der Waals surface area (Å²) in [4.78, 5) is 12.6. The van der Waals surface area contributed by atoms with Crippen LogP contribution >= 0.6 is 0 Å². The van der Waals surface area contributed by atoms with E-state index in [1.165, 1.54) is 31.2 Å². The highest BCUT2D eigenvalue weighted by atomic mass is 16.5. The molecule has 4 rings (SSSR count). The third-order valence-corrected chi connectivity index (χ3v) is 5.80. The first-order chi connectivity index (χ1) is 11.3. The predicted molar refractivity (Wildman–Crippen MR) is 90.9 cm³/mol. The Balaban J connectivity index is 1.35. The third-order valence-electron chi connectivity index (χ3n) is 5.80. The highest BCUT2D eigenvalue weighted by molar-refractivity contribution is 5.96. The fourth-order valence-corrected chi connectivity index (χ4v) is 3.90. The Kier molecular flexibility index (Phi) is 4.50. The summed E-state index contributed by atoms with van der Waals surface area (Å²) in [7, 11) is 0. The first kappa shape index (κ1) is 15.3. The molecule has 1 N–H and O–H groups in total. The Labute approximate surface area is 138 Å². The van der Waals surface area contributed by atoms with Gasteiger partial charge in [0.05, 0.1) is 0 Å². The molecule has 3 fully saturated rings. The van der Waals surface area contributed by atoms with Gasteiger partial charge in [0, 0.05) is 43.2 Å². The number of carbonyl (C=O) groups excluding carboxylic acids is 1. The van der Waals surface area contributed by atoms with Gasteiger partial charge in [0.2, 0.25) is 0 Å². The molecule has 3 aliphatic rings. The summed E-state index contributed by atoms with van der Waals surface area (Å²) >= 11 is 0. The van der Waals surface area contributed by atoms with Crippen LogP contribution in [0.5, 0.6) is 0 Å². The lowest BCUT2D eigenvalue weighted by atomic mass is 9.91. The van der Waals surface area contributed by atoms with Crippen molar-refractivity contribution in [1.82, 2.24) is 5.32 Å². The van der Waals surface area contributed by atoms with Gasteiger partial charge in [-0.15, -0.1) is 0 Å². The minimum atomic E-state index is 0.308. The molecule has 1 aliphatic heterocycles. The Morgan fingerprint density at radius 3 is 2.74 bits per heavy atom. The van der Waals surface area contributed by atoms with Gasteiger partial charge in [-0.25, -0.2) is 0 Å². The van der Waals surface area contributed by atoms with Crippen LogP contribution in [0.15, 0.2) is 24.3 Å².